The minimum atomic E-state index is 0.0750. The Bertz CT molecular complexity index is 610. The lowest BCUT2D eigenvalue weighted by Gasteiger charge is -2.21. The molecule has 3 heteroatoms. The van der Waals surface area contributed by atoms with E-state index in [2.05, 4.69) is 69.4 Å². The first-order valence-electron chi connectivity index (χ1n) is 7.50. The zero-order valence-electron chi connectivity index (χ0n) is 12.3. The first-order valence-corrected chi connectivity index (χ1v) is 8.29. The number of halogens is 1. The van der Waals surface area contributed by atoms with Crippen LogP contribution in [0.15, 0.2) is 53.0 Å². The summed E-state index contributed by atoms with van der Waals surface area (Å²) in [4.78, 5) is 2.46. The fourth-order valence-corrected chi connectivity index (χ4v) is 3.69. The number of anilines is 1. The number of rotatable bonds is 3. The van der Waals surface area contributed by atoms with Gasteiger partial charge in [0.05, 0.1) is 5.69 Å². The van der Waals surface area contributed by atoms with Gasteiger partial charge in [-0.1, -0.05) is 36.4 Å². The molecule has 0 bridgehead atoms. The van der Waals surface area contributed by atoms with Gasteiger partial charge in [-0.3, -0.25) is 0 Å². The highest BCUT2D eigenvalue weighted by Crippen LogP contribution is 2.35. The van der Waals surface area contributed by atoms with Crippen LogP contribution in [0.3, 0.4) is 0 Å². The van der Waals surface area contributed by atoms with Crippen LogP contribution in [0.25, 0.3) is 0 Å². The molecule has 0 radical (unpaired) electrons. The third kappa shape index (κ3) is 3.14. The Balaban J connectivity index is 1.77. The van der Waals surface area contributed by atoms with E-state index in [1.165, 1.54) is 23.2 Å². The molecule has 0 amide bonds. The Kier molecular flexibility index (Phi) is 4.32. The molecule has 2 N–H and O–H groups in total. The van der Waals surface area contributed by atoms with Gasteiger partial charge in [-0.2, -0.15) is 0 Å². The van der Waals surface area contributed by atoms with Crippen molar-refractivity contribution in [2.75, 3.05) is 18.0 Å². The van der Waals surface area contributed by atoms with Gasteiger partial charge in [0.15, 0.2) is 0 Å². The van der Waals surface area contributed by atoms with E-state index in [9.17, 15) is 0 Å². The van der Waals surface area contributed by atoms with Gasteiger partial charge in [-0.25, -0.2) is 0 Å². The summed E-state index contributed by atoms with van der Waals surface area (Å²) in [6.45, 7) is 4.21. The third-order valence-electron chi connectivity index (χ3n) is 4.30. The summed E-state index contributed by atoms with van der Waals surface area (Å²) in [5.74, 6) is 0.631. The quantitative estimate of drug-likeness (QED) is 0.890. The molecule has 2 nitrogen and oxygen atoms in total. The zero-order chi connectivity index (χ0) is 14.8. The summed E-state index contributed by atoms with van der Waals surface area (Å²) in [6.07, 6.45) is 1.21. The smallest absolute Gasteiger partial charge is 0.0511 e. The molecule has 1 aliphatic rings. The Hall–Kier alpha value is -1.32. The Morgan fingerprint density at radius 2 is 1.95 bits per heavy atom. The summed E-state index contributed by atoms with van der Waals surface area (Å²) in [7, 11) is 0. The Morgan fingerprint density at radius 3 is 2.62 bits per heavy atom. The van der Waals surface area contributed by atoms with Crippen molar-refractivity contribution in [3.8, 4) is 0 Å². The van der Waals surface area contributed by atoms with Crippen LogP contribution >= 0.6 is 15.9 Å². The highest BCUT2D eigenvalue weighted by atomic mass is 79.9. The summed E-state index contributed by atoms with van der Waals surface area (Å²) >= 11 is 3.70. The highest BCUT2D eigenvalue weighted by Gasteiger charge is 2.25. The molecule has 0 spiro atoms. The van der Waals surface area contributed by atoms with Crippen LogP contribution in [0.4, 0.5) is 5.69 Å². The van der Waals surface area contributed by atoms with E-state index in [4.69, 9.17) is 5.73 Å². The number of nitrogens with zero attached hydrogens (tertiary/aromatic N) is 1. The maximum Gasteiger partial charge on any atom is 0.0511 e. The summed E-state index contributed by atoms with van der Waals surface area (Å²) in [6, 6.07) is 17.4. The van der Waals surface area contributed by atoms with Gasteiger partial charge in [0.2, 0.25) is 0 Å². The minimum absolute atomic E-state index is 0.0750. The van der Waals surface area contributed by atoms with Crippen molar-refractivity contribution in [2.45, 2.75) is 25.3 Å². The molecule has 2 atom stereocenters. The highest BCUT2D eigenvalue weighted by molar-refractivity contribution is 9.10. The topological polar surface area (TPSA) is 29.3 Å². The summed E-state index contributed by atoms with van der Waals surface area (Å²) in [5.41, 5.74) is 9.84. The largest absolute Gasteiger partial charge is 0.370 e. The molecule has 2 unspecified atom stereocenters. The van der Waals surface area contributed by atoms with Crippen LogP contribution in [-0.4, -0.2) is 13.1 Å². The van der Waals surface area contributed by atoms with Crippen molar-refractivity contribution in [2.24, 2.45) is 5.73 Å². The number of benzene rings is 2. The molecule has 0 saturated carbocycles. The lowest BCUT2D eigenvalue weighted by atomic mass is 9.99. The molecule has 1 aliphatic heterocycles. The molecule has 21 heavy (non-hydrogen) atoms. The van der Waals surface area contributed by atoms with E-state index in [-0.39, 0.29) is 6.04 Å². The van der Waals surface area contributed by atoms with Gasteiger partial charge in [0.25, 0.3) is 0 Å². The van der Waals surface area contributed by atoms with Crippen LogP contribution in [0, 0.1) is 0 Å². The standard InChI is InChI=1S/C18H21BrN2/c1-13(20)15-7-8-18(17(19)11-15)21-10-9-16(12-21)14-5-3-2-4-6-14/h2-8,11,13,16H,9-10,12,20H2,1H3. The molecule has 2 aromatic rings. The summed E-state index contributed by atoms with van der Waals surface area (Å²) < 4.78 is 1.14. The molecule has 1 heterocycles. The van der Waals surface area contributed by atoms with E-state index < -0.39 is 0 Å². The Morgan fingerprint density at radius 1 is 1.19 bits per heavy atom. The predicted octanol–water partition coefficient (Wildman–Crippen LogP) is 4.46. The van der Waals surface area contributed by atoms with Crippen LogP contribution < -0.4 is 10.6 Å². The van der Waals surface area contributed by atoms with E-state index in [0.29, 0.717) is 5.92 Å². The molecule has 1 fully saturated rings. The fraction of sp³-hybridized carbons (Fsp3) is 0.333. The third-order valence-corrected chi connectivity index (χ3v) is 4.93. The molecule has 0 aliphatic carbocycles. The normalized spacial score (nSPS) is 19.8. The lowest BCUT2D eigenvalue weighted by molar-refractivity contribution is 0.775. The second-order valence-electron chi connectivity index (χ2n) is 5.84. The molecule has 1 saturated heterocycles. The van der Waals surface area contributed by atoms with E-state index in [1.54, 1.807) is 0 Å². The van der Waals surface area contributed by atoms with Gasteiger partial charge in [-0.05, 0) is 52.5 Å². The second kappa shape index (κ2) is 6.20. The minimum Gasteiger partial charge on any atom is -0.370 e. The fourth-order valence-electron chi connectivity index (χ4n) is 3.04. The van der Waals surface area contributed by atoms with E-state index in [1.807, 2.05) is 6.92 Å². The maximum absolute atomic E-state index is 5.95. The molecule has 2 aromatic carbocycles. The van der Waals surface area contributed by atoms with Crippen LogP contribution in [0.1, 0.15) is 36.4 Å². The Labute approximate surface area is 135 Å². The molecule has 3 rings (SSSR count). The average molecular weight is 345 g/mol. The predicted molar refractivity (Wildman–Crippen MR) is 92.8 cm³/mol. The van der Waals surface area contributed by atoms with Gasteiger partial charge in [0.1, 0.15) is 0 Å². The average Bonchev–Trinajstić information content (AvgIpc) is 2.97. The lowest BCUT2D eigenvalue weighted by Crippen LogP contribution is -2.20. The van der Waals surface area contributed by atoms with Gasteiger partial charge < -0.3 is 10.6 Å². The molecular formula is C18H21BrN2. The monoisotopic (exact) mass is 344 g/mol. The first-order chi connectivity index (χ1) is 10.1. The van der Waals surface area contributed by atoms with Gasteiger partial charge in [-0.15, -0.1) is 0 Å². The van der Waals surface area contributed by atoms with E-state index in [0.717, 1.165) is 17.6 Å². The van der Waals surface area contributed by atoms with Crippen molar-refractivity contribution >= 4 is 21.6 Å². The van der Waals surface area contributed by atoms with Gasteiger partial charge in [0, 0.05) is 29.5 Å². The van der Waals surface area contributed by atoms with Crippen molar-refractivity contribution in [1.29, 1.82) is 0 Å². The molecular weight excluding hydrogens is 324 g/mol. The summed E-state index contributed by atoms with van der Waals surface area (Å²) in [5, 5.41) is 0. The van der Waals surface area contributed by atoms with Crippen molar-refractivity contribution in [1.82, 2.24) is 0 Å². The molecule has 110 valence electrons. The maximum atomic E-state index is 5.95. The number of hydrogen-bond acceptors (Lipinski definition) is 2. The van der Waals surface area contributed by atoms with E-state index >= 15 is 0 Å². The molecule has 0 aromatic heterocycles. The van der Waals surface area contributed by atoms with Crippen LogP contribution in [-0.2, 0) is 0 Å². The van der Waals surface area contributed by atoms with Crippen molar-refractivity contribution in [3.05, 3.63) is 64.1 Å². The van der Waals surface area contributed by atoms with Crippen LogP contribution in [0.5, 0.6) is 0 Å². The zero-order valence-corrected chi connectivity index (χ0v) is 13.9. The van der Waals surface area contributed by atoms with Crippen LogP contribution in [0.2, 0.25) is 0 Å². The van der Waals surface area contributed by atoms with Gasteiger partial charge >= 0.3 is 0 Å². The van der Waals surface area contributed by atoms with Crippen molar-refractivity contribution in [3.63, 3.8) is 0 Å². The second-order valence-corrected chi connectivity index (χ2v) is 6.70. The SMILES string of the molecule is CC(N)c1ccc(N2CCC(c3ccccc3)C2)c(Br)c1. The number of hydrogen-bond donors (Lipinski definition) is 1. The first kappa shape index (κ1) is 14.6. The number of nitrogens with two attached hydrogens (primary N) is 1. The van der Waals surface area contributed by atoms with Crippen molar-refractivity contribution < 1.29 is 0 Å².